The highest BCUT2D eigenvalue weighted by molar-refractivity contribution is 5.85. The second-order valence-electron chi connectivity index (χ2n) is 3.90. The molecular formula is C12H19N3O2. The molecule has 0 aromatic carbocycles. The molecule has 0 fully saturated rings. The first kappa shape index (κ1) is 13.4. The van der Waals surface area contributed by atoms with Gasteiger partial charge in [-0.15, -0.1) is 0 Å². The van der Waals surface area contributed by atoms with Crippen LogP contribution in [0.4, 0.5) is 0 Å². The number of aromatic nitrogens is 2. The number of rotatable bonds is 8. The molecule has 0 radical (unpaired) electrons. The summed E-state index contributed by atoms with van der Waals surface area (Å²) in [4.78, 5) is 14.5. The highest BCUT2D eigenvalue weighted by Crippen LogP contribution is 1.94. The van der Waals surface area contributed by atoms with Crippen LogP contribution in [0.25, 0.3) is 0 Å². The van der Waals surface area contributed by atoms with Gasteiger partial charge < -0.3 is 15.0 Å². The van der Waals surface area contributed by atoms with E-state index in [1.165, 1.54) is 0 Å². The zero-order valence-electron chi connectivity index (χ0n) is 10.1. The molecule has 1 rings (SSSR count). The lowest BCUT2D eigenvalue weighted by atomic mass is 10.3. The number of aliphatic carboxylic acids is 1. The van der Waals surface area contributed by atoms with E-state index in [-0.39, 0.29) is 0 Å². The topological polar surface area (TPSA) is 67.2 Å². The van der Waals surface area contributed by atoms with E-state index < -0.39 is 5.97 Å². The standard InChI is InChI=1S/C12H19N3O2/c1-11(12(16)17)4-6-13-5-2-3-8-15-9-7-14-10-15/h4,7,9-10,13H,2-3,5-6,8H2,1H3,(H,16,17)/b11-4-. The van der Waals surface area contributed by atoms with Gasteiger partial charge in [-0.1, -0.05) is 6.08 Å². The van der Waals surface area contributed by atoms with E-state index >= 15 is 0 Å². The molecule has 0 aliphatic carbocycles. The SMILES string of the molecule is C/C(=C/CNCCCCn1ccnc1)C(=O)O. The largest absolute Gasteiger partial charge is 0.478 e. The van der Waals surface area contributed by atoms with Crippen LogP contribution >= 0.6 is 0 Å². The van der Waals surface area contributed by atoms with E-state index in [9.17, 15) is 4.79 Å². The summed E-state index contributed by atoms with van der Waals surface area (Å²) in [6.07, 6.45) is 9.39. The zero-order valence-corrected chi connectivity index (χ0v) is 10.1. The van der Waals surface area contributed by atoms with E-state index in [0.717, 1.165) is 25.9 Å². The molecule has 17 heavy (non-hydrogen) atoms. The van der Waals surface area contributed by atoms with E-state index in [1.54, 1.807) is 19.2 Å². The zero-order chi connectivity index (χ0) is 12.5. The first-order valence-electron chi connectivity index (χ1n) is 5.76. The quantitative estimate of drug-likeness (QED) is 0.528. The predicted molar refractivity (Wildman–Crippen MR) is 65.7 cm³/mol. The van der Waals surface area contributed by atoms with Crippen molar-refractivity contribution >= 4 is 5.97 Å². The molecule has 0 aliphatic rings. The Morgan fingerprint density at radius 2 is 2.35 bits per heavy atom. The summed E-state index contributed by atoms with van der Waals surface area (Å²) >= 11 is 0. The van der Waals surface area contributed by atoms with Gasteiger partial charge in [0.15, 0.2) is 0 Å². The fraction of sp³-hybridized carbons (Fsp3) is 0.500. The number of hydrogen-bond acceptors (Lipinski definition) is 3. The molecule has 0 saturated heterocycles. The normalized spacial score (nSPS) is 11.7. The molecule has 94 valence electrons. The lowest BCUT2D eigenvalue weighted by Gasteiger charge is -2.03. The minimum atomic E-state index is -0.855. The van der Waals surface area contributed by atoms with Crippen molar-refractivity contribution in [2.45, 2.75) is 26.3 Å². The maximum atomic E-state index is 10.5. The summed E-state index contributed by atoms with van der Waals surface area (Å²) in [7, 11) is 0. The van der Waals surface area contributed by atoms with Gasteiger partial charge >= 0.3 is 5.97 Å². The van der Waals surface area contributed by atoms with Crippen LogP contribution in [0, 0.1) is 0 Å². The molecule has 0 amide bonds. The number of unbranched alkanes of at least 4 members (excludes halogenated alkanes) is 1. The Labute approximate surface area is 101 Å². The van der Waals surface area contributed by atoms with Gasteiger partial charge in [-0.2, -0.15) is 0 Å². The highest BCUT2D eigenvalue weighted by atomic mass is 16.4. The van der Waals surface area contributed by atoms with E-state index in [2.05, 4.69) is 14.9 Å². The van der Waals surface area contributed by atoms with Gasteiger partial charge in [-0.05, 0) is 26.3 Å². The van der Waals surface area contributed by atoms with Gasteiger partial charge in [-0.25, -0.2) is 9.78 Å². The Morgan fingerprint density at radius 3 is 3.00 bits per heavy atom. The molecule has 2 N–H and O–H groups in total. The average Bonchev–Trinajstić information content (AvgIpc) is 2.80. The van der Waals surface area contributed by atoms with Gasteiger partial charge in [0.2, 0.25) is 0 Å². The summed E-state index contributed by atoms with van der Waals surface area (Å²) in [6.45, 7) is 4.09. The maximum absolute atomic E-state index is 10.5. The van der Waals surface area contributed by atoms with Crippen LogP contribution in [0.2, 0.25) is 0 Å². The van der Waals surface area contributed by atoms with Crippen molar-refractivity contribution in [3.63, 3.8) is 0 Å². The molecule has 0 spiro atoms. The monoisotopic (exact) mass is 237 g/mol. The molecular weight excluding hydrogens is 218 g/mol. The third-order valence-electron chi connectivity index (χ3n) is 2.47. The maximum Gasteiger partial charge on any atom is 0.330 e. The van der Waals surface area contributed by atoms with Crippen molar-refractivity contribution in [1.29, 1.82) is 0 Å². The minimum Gasteiger partial charge on any atom is -0.478 e. The average molecular weight is 237 g/mol. The lowest BCUT2D eigenvalue weighted by Crippen LogP contribution is -2.16. The van der Waals surface area contributed by atoms with Crippen molar-refractivity contribution < 1.29 is 9.90 Å². The van der Waals surface area contributed by atoms with Crippen LogP contribution in [0.1, 0.15) is 19.8 Å². The number of imidazole rings is 1. The van der Waals surface area contributed by atoms with E-state index in [1.807, 2.05) is 12.5 Å². The Morgan fingerprint density at radius 1 is 1.53 bits per heavy atom. The van der Waals surface area contributed by atoms with Crippen molar-refractivity contribution in [2.75, 3.05) is 13.1 Å². The number of nitrogens with zero attached hydrogens (tertiary/aromatic N) is 2. The van der Waals surface area contributed by atoms with Crippen molar-refractivity contribution in [1.82, 2.24) is 14.9 Å². The second-order valence-corrected chi connectivity index (χ2v) is 3.90. The molecule has 0 saturated carbocycles. The fourth-order valence-corrected chi connectivity index (χ4v) is 1.38. The highest BCUT2D eigenvalue weighted by Gasteiger charge is 1.97. The summed E-state index contributed by atoms with van der Waals surface area (Å²) in [5, 5.41) is 11.8. The van der Waals surface area contributed by atoms with Crippen LogP contribution in [0.15, 0.2) is 30.4 Å². The van der Waals surface area contributed by atoms with Gasteiger partial charge in [0, 0.05) is 31.1 Å². The molecule has 5 nitrogen and oxygen atoms in total. The minimum absolute atomic E-state index is 0.385. The molecule has 1 heterocycles. The molecule has 0 atom stereocenters. The summed E-state index contributed by atoms with van der Waals surface area (Å²) < 4.78 is 2.05. The number of aryl methyl sites for hydroxylation is 1. The van der Waals surface area contributed by atoms with Crippen molar-refractivity contribution in [3.8, 4) is 0 Å². The molecule has 0 unspecified atom stereocenters. The molecule has 0 aliphatic heterocycles. The van der Waals surface area contributed by atoms with E-state index in [0.29, 0.717) is 12.1 Å². The first-order chi connectivity index (χ1) is 8.20. The molecule has 1 aromatic rings. The van der Waals surface area contributed by atoms with Gasteiger partial charge in [0.1, 0.15) is 0 Å². The molecule has 5 heteroatoms. The lowest BCUT2D eigenvalue weighted by molar-refractivity contribution is -0.132. The Bertz CT molecular complexity index is 358. The van der Waals surface area contributed by atoms with E-state index in [4.69, 9.17) is 5.11 Å². The third kappa shape index (κ3) is 5.87. The van der Waals surface area contributed by atoms with Crippen LogP contribution in [-0.2, 0) is 11.3 Å². The third-order valence-corrected chi connectivity index (χ3v) is 2.47. The number of carboxylic acid groups (broad SMARTS) is 1. The smallest absolute Gasteiger partial charge is 0.330 e. The van der Waals surface area contributed by atoms with Gasteiger partial charge in [0.05, 0.1) is 6.33 Å². The van der Waals surface area contributed by atoms with Crippen LogP contribution in [0.5, 0.6) is 0 Å². The molecule has 0 bridgehead atoms. The van der Waals surface area contributed by atoms with Crippen LogP contribution in [0.3, 0.4) is 0 Å². The number of carboxylic acids is 1. The van der Waals surface area contributed by atoms with Gasteiger partial charge in [-0.3, -0.25) is 0 Å². The number of nitrogens with one attached hydrogen (secondary N) is 1. The summed E-state index contributed by atoms with van der Waals surface area (Å²) in [5.41, 5.74) is 0.385. The Kier molecular flexibility index (Phi) is 6.03. The Hall–Kier alpha value is -1.62. The molecule has 1 aromatic heterocycles. The van der Waals surface area contributed by atoms with Crippen LogP contribution < -0.4 is 5.32 Å². The van der Waals surface area contributed by atoms with Crippen molar-refractivity contribution in [3.05, 3.63) is 30.4 Å². The van der Waals surface area contributed by atoms with Gasteiger partial charge in [0.25, 0.3) is 0 Å². The summed E-state index contributed by atoms with van der Waals surface area (Å²) in [5.74, 6) is -0.855. The summed E-state index contributed by atoms with van der Waals surface area (Å²) in [6, 6.07) is 0. The van der Waals surface area contributed by atoms with Crippen molar-refractivity contribution in [2.24, 2.45) is 0 Å². The number of carbonyl (C=O) groups is 1. The second kappa shape index (κ2) is 7.62. The first-order valence-corrected chi connectivity index (χ1v) is 5.76. The Balaban J connectivity index is 1.98. The fourth-order valence-electron chi connectivity index (χ4n) is 1.38. The number of hydrogen-bond donors (Lipinski definition) is 2. The predicted octanol–water partition coefficient (Wildman–Crippen LogP) is 1.28. The van der Waals surface area contributed by atoms with Crippen LogP contribution in [-0.4, -0.2) is 33.7 Å².